The summed E-state index contributed by atoms with van der Waals surface area (Å²) in [7, 11) is 6.26. The highest BCUT2D eigenvalue weighted by molar-refractivity contribution is 5.92. The molecular weight excluding hydrogens is 504 g/mol. The second kappa shape index (κ2) is 12.2. The van der Waals surface area contributed by atoms with Crippen LogP contribution >= 0.6 is 0 Å². The number of hydrogen-bond acceptors (Lipinski definition) is 8. The highest BCUT2D eigenvalue weighted by Crippen LogP contribution is 2.39. The normalized spacial score (nSPS) is 14.5. The summed E-state index contributed by atoms with van der Waals surface area (Å²) in [4.78, 5) is 25.8. The summed E-state index contributed by atoms with van der Waals surface area (Å²) in [6.45, 7) is 0.599. The maximum absolute atomic E-state index is 13.5. The Morgan fingerprint density at radius 1 is 0.923 bits per heavy atom. The molecule has 10 heteroatoms. The molecule has 0 N–H and O–H groups in total. The maximum atomic E-state index is 13.5. The summed E-state index contributed by atoms with van der Waals surface area (Å²) in [5, 5.41) is 11.0. The number of benzene rings is 3. The lowest BCUT2D eigenvalue weighted by molar-refractivity contribution is -0.384. The second-order valence-electron chi connectivity index (χ2n) is 8.71. The molecule has 0 radical (unpaired) electrons. The number of nitro groups is 1. The first kappa shape index (κ1) is 27.3. The number of carbonyl (C=O) groups excluding carboxylic acids is 1. The van der Waals surface area contributed by atoms with Crippen LogP contribution in [0.15, 0.2) is 60.7 Å². The highest BCUT2D eigenvalue weighted by Gasteiger charge is 2.32. The van der Waals surface area contributed by atoms with E-state index in [9.17, 15) is 14.9 Å². The number of carbonyl (C=O) groups is 1. The molecule has 3 aromatic rings. The minimum absolute atomic E-state index is 0.0284. The largest absolute Gasteiger partial charge is 0.493 e. The van der Waals surface area contributed by atoms with Gasteiger partial charge in [0.05, 0.1) is 39.4 Å². The number of methoxy groups -OCH3 is 4. The first-order chi connectivity index (χ1) is 18.9. The van der Waals surface area contributed by atoms with E-state index in [1.807, 2.05) is 18.2 Å². The predicted octanol–water partition coefficient (Wildman–Crippen LogP) is 4.85. The van der Waals surface area contributed by atoms with E-state index in [2.05, 4.69) is 0 Å². The number of hydrogen-bond donors (Lipinski definition) is 0. The lowest BCUT2D eigenvalue weighted by Gasteiger charge is -2.37. The van der Waals surface area contributed by atoms with Gasteiger partial charge in [0.15, 0.2) is 23.0 Å². The van der Waals surface area contributed by atoms with Crippen LogP contribution in [0.5, 0.6) is 28.7 Å². The number of rotatable bonds is 10. The fourth-order valence-corrected chi connectivity index (χ4v) is 4.53. The third-order valence-electron chi connectivity index (χ3n) is 6.57. The average molecular weight is 535 g/mol. The summed E-state index contributed by atoms with van der Waals surface area (Å²) >= 11 is 0. The molecule has 0 fully saturated rings. The molecule has 1 aliphatic heterocycles. The van der Waals surface area contributed by atoms with Crippen LogP contribution in [0.2, 0.25) is 0 Å². The quantitative estimate of drug-likeness (QED) is 0.206. The molecular formula is C29H30N2O8. The third kappa shape index (κ3) is 6.06. The zero-order chi connectivity index (χ0) is 27.9. The Hall–Kier alpha value is -4.73. The Balaban J connectivity index is 1.62. The van der Waals surface area contributed by atoms with Gasteiger partial charge in [-0.05, 0) is 65.6 Å². The van der Waals surface area contributed by atoms with Gasteiger partial charge >= 0.3 is 0 Å². The van der Waals surface area contributed by atoms with Gasteiger partial charge in [-0.1, -0.05) is 6.07 Å². The zero-order valence-electron chi connectivity index (χ0n) is 22.2. The van der Waals surface area contributed by atoms with Crippen molar-refractivity contribution in [3.8, 4) is 28.7 Å². The van der Waals surface area contributed by atoms with E-state index in [1.165, 1.54) is 18.2 Å². The van der Waals surface area contributed by atoms with Gasteiger partial charge < -0.3 is 28.6 Å². The van der Waals surface area contributed by atoms with Crippen LogP contribution in [0.25, 0.3) is 6.08 Å². The van der Waals surface area contributed by atoms with Crippen molar-refractivity contribution in [3.63, 3.8) is 0 Å². The van der Waals surface area contributed by atoms with Crippen molar-refractivity contribution in [1.82, 2.24) is 4.90 Å². The fraction of sp³-hybridized carbons (Fsp3) is 0.276. The van der Waals surface area contributed by atoms with Crippen molar-refractivity contribution in [2.45, 2.75) is 12.5 Å². The molecule has 39 heavy (non-hydrogen) atoms. The van der Waals surface area contributed by atoms with E-state index < -0.39 is 11.0 Å². The Bertz CT molecular complexity index is 1370. The van der Waals surface area contributed by atoms with Crippen LogP contribution in [-0.2, 0) is 11.2 Å². The van der Waals surface area contributed by atoms with E-state index in [0.717, 1.165) is 16.7 Å². The molecule has 1 atom stereocenters. The number of non-ortho nitro benzene ring substituents is 1. The predicted molar refractivity (Wildman–Crippen MR) is 145 cm³/mol. The standard InChI is InChI=1S/C29H30N2O8/c1-35-25-11-5-19(15-26(25)36-2)6-12-29(32)30-14-13-20-16-27(37-3)28(38-4)17-23(20)24(30)18-39-22-9-7-21(8-10-22)31(33)34/h5-12,15-17,24H,13-14,18H2,1-4H3/b12-6+. The van der Waals surface area contributed by atoms with Crippen molar-refractivity contribution in [2.75, 3.05) is 41.6 Å². The minimum atomic E-state index is -0.466. The number of amides is 1. The minimum Gasteiger partial charge on any atom is -0.493 e. The van der Waals surface area contributed by atoms with Gasteiger partial charge in [-0.25, -0.2) is 0 Å². The first-order valence-corrected chi connectivity index (χ1v) is 12.2. The van der Waals surface area contributed by atoms with Gasteiger partial charge in [0.25, 0.3) is 5.69 Å². The summed E-state index contributed by atoms with van der Waals surface area (Å²) < 4.78 is 27.7. The first-order valence-electron chi connectivity index (χ1n) is 12.2. The van der Waals surface area contributed by atoms with Gasteiger partial charge in [0, 0.05) is 24.8 Å². The van der Waals surface area contributed by atoms with Crippen molar-refractivity contribution in [1.29, 1.82) is 0 Å². The molecule has 0 aromatic heterocycles. The van der Waals surface area contributed by atoms with Crippen LogP contribution in [0, 0.1) is 10.1 Å². The number of ether oxygens (including phenoxy) is 5. The fourth-order valence-electron chi connectivity index (χ4n) is 4.53. The Labute approximate surface area is 226 Å². The molecule has 1 heterocycles. The van der Waals surface area contributed by atoms with E-state index in [1.54, 1.807) is 63.7 Å². The smallest absolute Gasteiger partial charge is 0.269 e. The van der Waals surface area contributed by atoms with Gasteiger partial charge in [-0.2, -0.15) is 0 Å². The van der Waals surface area contributed by atoms with Crippen LogP contribution in [0.3, 0.4) is 0 Å². The molecule has 0 bridgehead atoms. The van der Waals surface area contributed by atoms with E-state index in [-0.39, 0.29) is 18.2 Å². The summed E-state index contributed by atoms with van der Waals surface area (Å²) in [6, 6.07) is 14.6. The molecule has 3 aromatic carbocycles. The van der Waals surface area contributed by atoms with Gasteiger partial charge in [0.1, 0.15) is 12.4 Å². The monoisotopic (exact) mass is 534 g/mol. The molecule has 0 saturated carbocycles. The molecule has 1 amide bonds. The molecule has 4 rings (SSSR count). The van der Waals surface area contributed by atoms with Crippen LogP contribution in [0.4, 0.5) is 5.69 Å². The molecule has 1 unspecified atom stereocenters. The maximum Gasteiger partial charge on any atom is 0.269 e. The Morgan fingerprint density at radius 2 is 1.56 bits per heavy atom. The Kier molecular flexibility index (Phi) is 8.55. The van der Waals surface area contributed by atoms with Crippen LogP contribution in [-0.4, -0.2) is 57.3 Å². The summed E-state index contributed by atoms with van der Waals surface area (Å²) in [5.41, 5.74) is 2.66. The molecule has 1 aliphatic rings. The van der Waals surface area contributed by atoms with Crippen molar-refractivity contribution >= 4 is 17.7 Å². The molecule has 0 saturated heterocycles. The molecule has 0 aliphatic carbocycles. The second-order valence-corrected chi connectivity index (χ2v) is 8.71. The molecule has 204 valence electrons. The Morgan fingerprint density at radius 3 is 2.21 bits per heavy atom. The molecule has 10 nitrogen and oxygen atoms in total. The SMILES string of the molecule is COc1ccc(/C=C/C(=O)N2CCc3cc(OC)c(OC)cc3C2COc2ccc([N+](=O)[O-])cc2)cc1OC. The van der Waals surface area contributed by atoms with E-state index in [4.69, 9.17) is 23.7 Å². The van der Waals surface area contributed by atoms with Crippen LogP contribution < -0.4 is 23.7 Å². The lowest BCUT2D eigenvalue weighted by Crippen LogP contribution is -2.41. The third-order valence-corrected chi connectivity index (χ3v) is 6.57. The average Bonchev–Trinajstić information content (AvgIpc) is 2.97. The summed E-state index contributed by atoms with van der Waals surface area (Å²) in [6.07, 6.45) is 3.87. The number of nitro benzene ring substituents is 1. The highest BCUT2D eigenvalue weighted by atomic mass is 16.6. The number of nitrogens with zero attached hydrogens (tertiary/aromatic N) is 2. The zero-order valence-corrected chi connectivity index (χ0v) is 22.2. The topological polar surface area (TPSA) is 110 Å². The van der Waals surface area contributed by atoms with Crippen molar-refractivity contribution in [2.24, 2.45) is 0 Å². The lowest BCUT2D eigenvalue weighted by atomic mass is 9.92. The van der Waals surface area contributed by atoms with E-state index in [0.29, 0.717) is 41.7 Å². The van der Waals surface area contributed by atoms with Gasteiger partial charge in [-0.15, -0.1) is 0 Å². The van der Waals surface area contributed by atoms with Crippen molar-refractivity contribution in [3.05, 3.63) is 87.5 Å². The summed E-state index contributed by atoms with van der Waals surface area (Å²) in [5.74, 6) is 2.59. The van der Waals surface area contributed by atoms with Crippen molar-refractivity contribution < 1.29 is 33.4 Å². The number of fused-ring (bicyclic) bond motifs is 1. The molecule has 0 spiro atoms. The van der Waals surface area contributed by atoms with E-state index >= 15 is 0 Å². The van der Waals surface area contributed by atoms with Crippen LogP contribution in [0.1, 0.15) is 22.7 Å². The van der Waals surface area contributed by atoms with Gasteiger partial charge in [0.2, 0.25) is 5.91 Å². The van der Waals surface area contributed by atoms with Gasteiger partial charge in [-0.3, -0.25) is 14.9 Å².